The maximum Gasteiger partial charge on any atom is 0.338 e. The van der Waals surface area contributed by atoms with Crippen molar-refractivity contribution in [3.63, 3.8) is 0 Å². The van der Waals surface area contributed by atoms with Crippen LogP contribution in [0.15, 0.2) is 48.5 Å². The Hall–Kier alpha value is -3.41. The largest absolute Gasteiger partial charge is 0.462 e. The average Bonchev–Trinajstić information content (AvgIpc) is 3.26. The van der Waals surface area contributed by atoms with Gasteiger partial charge in [-0.1, -0.05) is 45.0 Å². The number of H-pyrrole nitrogens is 1. The number of amides is 1. The van der Waals surface area contributed by atoms with E-state index < -0.39 is 0 Å². The topological polar surface area (TPSA) is 75.3 Å². The second-order valence-corrected chi connectivity index (χ2v) is 8.83. The van der Waals surface area contributed by atoms with Crippen LogP contribution in [0.1, 0.15) is 77.0 Å². The number of carbonyl (C=O) groups is 2. The Morgan fingerprint density at radius 2 is 1.74 bits per heavy atom. The van der Waals surface area contributed by atoms with E-state index in [9.17, 15) is 9.59 Å². The molecular weight excluding hydrogens is 390 g/mol. The number of aryl methyl sites for hydroxylation is 1. The molecule has 0 spiro atoms. The minimum absolute atomic E-state index is 0.0450. The van der Waals surface area contributed by atoms with E-state index in [0.717, 1.165) is 16.8 Å². The van der Waals surface area contributed by atoms with E-state index in [1.165, 1.54) is 5.56 Å². The van der Waals surface area contributed by atoms with Crippen molar-refractivity contribution >= 4 is 17.6 Å². The Morgan fingerprint density at radius 1 is 1.10 bits per heavy atom. The molecule has 1 atom stereocenters. The third-order valence-electron chi connectivity index (χ3n) is 5.70. The normalized spacial score (nSPS) is 15.8. The summed E-state index contributed by atoms with van der Waals surface area (Å²) >= 11 is 0. The highest BCUT2D eigenvalue weighted by Crippen LogP contribution is 2.42. The summed E-state index contributed by atoms with van der Waals surface area (Å²) in [5.74, 6) is -0.534. The fourth-order valence-electron chi connectivity index (χ4n) is 4.02. The summed E-state index contributed by atoms with van der Waals surface area (Å²) in [6.45, 7) is 10.6. The van der Waals surface area contributed by atoms with Gasteiger partial charge in [0.1, 0.15) is 0 Å². The molecule has 31 heavy (non-hydrogen) atoms. The number of benzene rings is 2. The van der Waals surface area contributed by atoms with E-state index in [0.29, 0.717) is 23.6 Å². The smallest absolute Gasteiger partial charge is 0.338 e. The van der Waals surface area contributed by atoms with Crippen LogP contribution in [-0.4, -0.2) is 28.7 Å². The lowest BCUT2D eigenvalue weighted by Gasteiger charge is -2.27. The Labute approximate surface area is 182 Å². The molecule has 2 aromatic carbocycles. The van der Waals surface area contributed by atoms with Gasteiger partial charge in [0.25, 0.3) is 5.91 Å². The maximum absolute atomic E-state index is 13.3. The van der Waals surface area contributed by atoms with Crippen molar-refractivity contribution in [1.29, 1.82) is 0 Å². The van der Waals surface area contributed by atoms with Crippen LogP contribution in [0.3, 0.4) is 0 Å². The molecule has 1 aliphatic rings. The summed E-state index contributed by atoms with van der Waals surface area (Å²) in [7, 11) is 0. The predicted octanol–water partition coefficient (Wildman–Crippen LogP) is 4.94. The molecule has 0 saturated heterocycles. The highest BCUT2D eigenvalue weighted by Gasteiger charge is 2.42. The Kier molecular flexibility index (Phi) is 5.17. The first kappa shape index (κ1) is 20.8. The van der Waals surface area contributed by atoms with Crippen LogP contribution in [0.2, 0.25) is 0 Å². The third kappa shape index (κ3) is 3.63. The van der Waals surface area contributed by atoms with Gasteiger partial charge in [0.05, 0.1) is 18.2 Å². The highest BCUT2D eigenvalue weighted by atomic mass is 16.5. The van der Waals surface area contributed by atoms with Crippen molar-refractivity contribution < 1.29 is 14.3 Å². The van der Waals surface area contributed by atoms with Crippen LogP contribution in [0, 0.1) is 6.92 Å². The number of hydrogen-bond donors (Lipinski definition) is 1. The molecule has 1 N–H and O–H groups in total. The zero-order valence-corrected chi connectivity index (χ0v) is 18.5. The molecule has 3 aromatic rings. The maximum atomic E-state index is 13.3. The van der Waals surface area contributed by atoms with Crippen LogP contribution < -0.4 is 4.90 Å². The summed E-state index contributed by atoms with van der Waals surface area (Å²) in [4.78, 5) is 27.0. The van der Waals surface area contributed by atoms with E-state index in [2.05, 4.69) is 55.2 Å². The van der Waals surface area contributed by atoms with Gasteiger partial charge in [0.2, 0.25) is 0 Å². The molecule has 0 aliphatic carbocycles. The van der Waals surface area contributed by atoms with Crippen LogP contribution in [0.4, 0.5) is 5.69 Å². The molecule has 0 bridgehead atoms. The number of hydrogen-bond acceptors (Lipinski definition) is 4. The van der Waals surface area contributed by atoms with E-state index in [4.69, 9.17) is 4.74 Å². The lowest BCUT2D eigenvalue weighted by molar-refractivity contribution is 0.0526. The monoisotopic (exact) mass is 417 g/mol. The van der Waals surface area contributed by atoms with Crippen LogP contribution in [-0.2, 0) is 10.2 Å². The molecule has 1 aromatic heterocycles. The summed E-state index contributed by atoms with van der Waals surface area (Å²) in [5, 5.41) is 7.22. The van der Waals surface area contributed by atoms with Gasteiger partial charge in [0.15, 0.2) is 5.69 Å². The number of carbonyl (C=O) groups excluding carboxylic acids is 2. The Morgan fingerprint density at radius 3 is 2.32 bits per heavy atom. The Bertz CT molecular complexity index is 1120. The van der Waals surface area contributed by atoms with Gasteiger partial charge >= 0.3 is 5.97 Å². The van der Waals surface area contributed by atoms with Crippen molar-refractivity contribution in [2.24, 2.45) is 0 Å². The highest BCUT2D eigenvalue weighted by molar-refractivity contribution is 6.10. The van der Waals surface area contributed by atoms with Gasteiger partial charge in [-0.3, -0.25) is 14.8 Å². The summed E-state index contributed by atoms with van der Waals surface area (Å²) in [6.07, 6.45) is 0. The zero-order valence-electron chi connectivity index (χ0n) is 18.5. The predicted molar refractivity (Wildman–Crippen MR) is 120 cm³/mol. The third-order valence-corrected chi connectivity index (χ3v) is 5.70. The molecule has 2 heterocycles. The number of anilines is 1. The molecule has 4 rings (SSSR count). The molecule has 1 aliphatic heterocycles. The fraction of sp³-hybridized carbons (Fsp3) is 0.320. The molecule has 6 nitrogen and oxygen atoms in total. The standard InChI is InChI=1S/C25H27N3O3/c1-6-31-24(30)17-9-13-19(14-10-17)28-22(20-15(2)26-27-21(20)23(28)29)16-7-11-18(12-8-16)25(3,4)5/h7-14,22H,6H2,1-5H3,(H,26,27)/t22-/m1/s1. The van der Waals surface area contributed by atoms with Crippen molar-refractivity contribution in [3.8, 4) is 0 Å². The number of nitrogens with one attached hydrogen (secondary N) is 1. The molecule has 0 unspecified atom stereocenters. The fourth-order valence-corrected chi connectivity index (χ4v) is 4.02. The number of nitrogens with zero attached hydrogens (tertiary/aromatic N) is 2. The van der Waals surface area contributed by atoms with Crippen LogP contribution in [0.5, 0.6) is 0 Å². The molecule has 0 radical (unpaired) electrons. The minimum Gasteiger partial charge on any atom is -0.462 e. The van der Waals surface area contributed by atoms with Gasteiger partial charge < -0.3 is 4.74 Å². The van der Waals surface area contributed by atoms with Crippen molar-refractivity contribution in [2.75, 3.05) is 11.5 Å². The van der Waals surface area contributed by atoms with E-state index in [-0.39, 0.29) is 23.3 Å². The van der Waals surface area contributed by atoms with Gasteiger partial charge in [0, 0.05) is 16.9 Å². The van der Waals surface area contributed by atoms with Gasteiger partial charge in [-0.25, -0.2) is 4.79 Å². The number of fused-ring (bicyclic) bond motifs is 1. The van der Waals surface area contributed by atoms with Crippen LogP contribution >= 0.6 is 0 Å². The number of rotatable bonds is 4. The summed E-state index contributed by atoms with van der Waals surface area (Å²) < 4.78 is 5.06. The first-order chi connectivity index (χ1) is 14.7. The lowest BCUT2D eigenvalue weighted by Crippen LogP contribution is -2.29. The van der Waals surface area contributed by atoms with Gasteiger partial charge in [-0.05, 0) is 54.7 Å². The summed E-state index contributed by atoms with van der Waals surface area (Å²) in [5.41, 5.74) is 5.66. The van der Waals surface area contributed by atoms with E-state index in [1.54, 1.807) is 36.1 Å². The van der Waals surface area contributed by atoms with E-state index in [1.807, 2.05) is 6.92 Å². The van der Waals surface area contributed by atoms with E-state index >= 15 is 0 Å². The zero-order chi connectivity index (χ0) is 22.3. The number of ether oxygens (including phenoxy) is 1. The van der Waals surface area contributed by atoms with Crippen molar-refractivity contribution in [3.05, 3.63) is 82.2 Å². The molecular formula is C25H27N3O3. The second kappa shape index (κ2) is 7.69. The quantitative estimate of drug-likeness (QED) is 0.610. The molecule has 6 heteroatoms. The first-order valence-electron chi connectivity index (χ1n) is 10.5. The SMILES string of the molecule is CCOC(=O)c1ccc(N2C(=O)c3n[nH]c(C)c3[C@H]2c2ccc(C(C)(C)C)cc2)cc1. The first-order valence-corrected chi connectivity index (χ1v) is 10.5. The molecule has 1 amide bonds. The minimum atomic E-state index is -0.375. The molecule has 160 valence electrons. The van der Waals surface area contributed by atoms with Gasteiger partial charge in [-0.15, -0.1) is 0 Å². The van der Waals surface area contributed by atoms with Crippen molar-refractivity contribution in [2.45, 2.75) is 46.1 Å². The second-order valence-electron chi connectivity index (χ2n) is 8.83. The number of esters is 1. The summed E-state index contributed by atoms with van der Waals surface area (Å²) in [6, 6.07) is 15.1. The molecule has 0 saturated carbocycles. The average molecular weight is 418 g/mol. The number of aromatic amines is 1. The Balaban J connectivity index is 1.76. The number of aromatic nitrogens is 2. The molecule has 0 fully saturated rings. The lowest BCUT2D eigenvalue weighted by atomic mass is 9.86. The van der Waals surface area contributed by atoms with Crippen LogP contribution in [0.25, 0.3) is 0 Å². The van der Waals surface area contributed by atoms with Gasteiger partial charge in [-0.2, -0.15) is 5.10 Å². The van der Waals surface area contributed by atoms with Crippen molar-refractivity contribution in [1.82, 2.24) is 10.2 Å².